The molecule has 0 fully saturated rings. The van der Waals surface area contributed by atoms with E-state index in [0.29, 0.717) is 12.2 Å². The summed E-state index contributed by atoms with van der Waals surface area (Å²) in [5.41, 5.74) is 1.21. The van der Waals surface area contributed by atoms with Crippen LogP contribution in [0.1, 0.15) is 37.7 Å². The molecule has 0 aliphatic rings. The Morgan fingerprint density at radius 1 is 1.22 bits per heavy atom. The van der Waals surface area contributed by atoms with E-state index in [2.05, 4.69) is 17.4 Å². The molecule has 2 rings (SSSR count). The van der Waals surface area contributed by atoms with E-state index in [0.717, 1.165) is 5.75 Å². The number of benzene rings is 1. The first-order chi connectivity index (χ1) is 11.1. The number of nitrogens with one attached hydrogen (secondary N) is 1. The summed E-state index contributed by atoms with van der Waals surface area (Å²) < 4.78 is 5.17. The monoisotopic (exact) mass is 333 g/mol. The summed E-state index contributed by atoms with van der Waals surface area (Å²) in [4.78, 5) is 12.2. The maximum absolute atomic E-state index is 12.2. The highest BCUT2D eigenvalue weighted by atomic mass is 32.2. The van der Waals surface area contributed by atoms with E-state index in [9.17, 15) is 9.90 Å². The Labute approximate surface area is 141 Å². The first-order valence-corrected chi connectivity index (χ1v) is 8.78. The quantitative estimate of drug-likeness (QED) is 0.776. The number of rotatable bonds is 8. The molecular weight excluding hydrogens is 310 g/mol. The summed E-state index contributed by atoms with van der Waals surface area (Å²) in [7, 11) is 0. The molecule has 2 aromatic rings. The first-order valence-electron chi connectivity index (χ1n) is 7.73. The molecule has 1 amide bonds. The van der Waals surface area contributed by atoms with Gasteiger partial charge in [-0.25, -0.2) is 0 Å². The molecule has 4 nitrogen and oxygen atoms in total. The lowest BCUT2D eigenvalue weighted by atomic mass is 10.1. The van der Waals surface area contributed by atoms with E-state index in [4.69, 9.17) is 4.42 Å². The third kappa shape index (κ3) is 5.77. The number of aliphatic hydroxyl groups excluding tert-OH is 1. The number of amides is 1. The normalized spacial score (nSPS) is 14.9. The van der Waals surface area contributed by atoms with E-state index in [1.165, 1.54) is 11.8 Å². The van der Waals surface area contributed by atoms with Gasteiger partial charge >= 0.3 is 0 Å². The standard InChI is InChI=1S/C18H23NO3S/c1-13(11-16(20)17-9-6-10-22-17)19-18(21)14(2)23-12-15-7-4-3-5-8-15/h3-10,13-14,16,20H,11-12H2,1-2H3,(H,19,21). The Kier molecular flexibility index (Phi) is 6.74. The smallest absolute Gasteiger partial charge is 0.233 e. The second kappa shape index (κ2) is 8.79. The zero-order valence-corrected chi connectivity index (χ0v) is 14.3. The molecule has 0 aliphatic heterocycles. The molecule has 1 aromatic heterocycles. The van der Waals surface area contributed by atoms with Crippen molar-refractivity contribution in [2.24, 2.45) is 0 Å². The minimum absolute atomic E-state index is 0.00919. The molecule has 124 valence electrons. The van der Waals surface area contributed by atoms with Gasteiger partial charge in [0.2, 0.25) is 5.91 Å². The Hall–Kier alpha value is -1.72. The van der Waals surface area contributed by atoms with Crippen LogP contribution in [0.15, 0.2) is 53.1 Å². The summed E-state index contributed by atoms with van der Waals surface area (Å²) in [5, 5.41) is 12.8. The highest BCUT2D eigenvalue weighted by molar-refractivity contribution is 7.99. The highest BCUT2D eigenvalue weighted by Crippen LogP contribution is 2.20. The van der Waals surface area contributed by atoms with Crippen molar-refractivity contribution in [3.05, 3.63) is 60.1 Å². The fraction of sp³-hybridized carbons (Fsp3) is 0.389. The van der Waals surface area contributed by atoms with E-state index in [-0.39, 0.29) is 17.2 Å². The van der Waals surface area contributed by atoms with Crippen molar-refractivity contribution in [3.63, 3.8) is 0 Å². The molecule has 3 unspecified atom stereocenters. The van der Waals surface area contributed by atoms with Gasteiger partial charge in [0.15, 0.2) is 0 Å². The number of thioether (sulfide) groups is 1. The van der Waals surface area contributed by atoms with Crippen molar-refractivity contribution in [2.45, 2.75) is 43.4 Å². The van der Waals surface area contributed by atoms with Gasteiger partial charge in [-0.1, -0.05) is 30.3 Å². The topological polar surface area (TPSA) is 62.5 Å². The molecule has 0 saturated carbocycles. The van der Waals surface area contributed by atoms with Crippen molar-refractivity contribution in [2.75, 3.05) is 0 Å². The zero-order valence-electron chi connectivity index (χ0n) is 13.4. The van der Waals surface area contributed by atoms with E-state index < -0.39 is 6.10 Å². The molecule has 0 spiro atoms. The molecule has 1 aromatic carbocycles. The van der Waals surface area contributed by atoms with E-state index in [1.807, 2.05) is 32.0 Å². The van der Waals surface area contributed by atoms with Gasteiger partial charge < -0.3 is 14.8 Å². The van der Waals surface area contributed by atoms with Crippen LogP contribution in [0.4, 0.5) is 0 Å². The van der Waals surface area contributed by atoms with Crippen molar-refractivity contribution in [3.8, 4) is 0 Å². The summed E-state index contributed by atoms with van der Waals surface area (Å²) in [6, 6.07) is 13.4. The predicted octanol–water partition coefficient (Wildman–Crippen LogP) is 3.53. The lowest BCUT2D eigenvalue weighted by Gasteiger charge is -2.19. The summed E-state index contributed by atoms with van der Waals surface area (Å²) in [6.45, 7) is 3.79. The average molecular weight is 333 g/mol. The molecule has 23 heavy (non-hydrogen) atoms. The van der Waals surface area contributed by atoms with Crippen LogP contribution in [0.25, 0.3) is 0 Å². The number of aliphatic hydroxyl groups is 1. The minimum atomic E-state index is -0.701. The van der Waals surface area contributed by atoms with Crippen molar-refractivity contribution in [1.29, 1.82) is 0 Å². The third-order valence-corrected chi connectivity index (χ3v) is 4.76. The first kappa shape index (κ1) is 17.6. The molecule has 3 atom stereocenters. The average Bonchev–Trinajstić information content (AvgIpc) is 3.08. The second-order valence-corrected chi connectivity index (χ2v) is 6.94. The molecule has 0 saturated heterocycles. The number of carbonyl (C=O) groups is 1. The predicted molar refractivity (Wildman–Crippen MR) is 93.1 cm³/mol. The Morgan fingerprint density at radius 3 is 2.61 bits per heavy atom. The number of hydrogen-bond donors (Lipinski definition) is 2. The molecule has 0 aliphatic carbocycles. The van der Waals surface area contributed by atoms with Crippen LogP contribution in [0, 0.1) is 0 Å². The SMILES string of the molecule is CC(CC(O)c1ccco1)NC(=O)C(C)SCc1ccccc1. The van der Waals surface area contributed by atoms with Gasteiger partial charge in [0, 0.05) is 18.2 Å². The summed E-state index contributed by atoms with van der Waals surface area (Å²) in [6.07, 6.45) is 1.26. The van der Waals surface area contributed by atoms with E-state index in [1.54, 1.807) is 23.9 Å². The van der Waals surface area contributed by atoms with Crippen molar-refractivity contribution >= 4 is 17.7 Å². The van der Waals surface area contributed by atoms with Crippen molar-refractivity contribution in [1.82, 2.24) is 5.32 Å². The lowest BCUT2D eigenvalue weighted by Crippen LogP contribution is -2.38. The molecule has 1 heterocycles. The van der Waals surface area contributed by atoms with Crippen LogP contribution in [-0.4, -0.2) is 22.3 Å². The fourth-order valence-corrected chi connectivity index (χ4v) is 3.08. The third-order valence-electron chi connectivity index (χ3n) is 3.55. The Balaban J connectivity index is 1.74. The van der Waals surface area contributed by atoms with Crippen LogP contribution in [0.2, 0.25) is 0 Å². The van der Waals surface area contributed by atoms with Crippen LogP contribution in [-0.2, 0) is 10.5 Å². The Bertz CT molecular complexity index is 586. The van der Waals surface area contributed by atoms with Gasteiger partial charge in [0.1, 0.15) is 11.9 Å². The van der Waals surface area contributed by atoms with Gasteiger partial charge in [-0.2, -0.15) is 0 Å². The molecule has 2 N–H and O–H groups in total. The Morgan fingerprint density at radius 2 is 1.96 bits per heavy atom. The van der Waals surface area contributed by atoms with Gasteiger partial charge in [0.05, 0.1) is 11.5 Å². The highest BCUT2D eigenvalue weighted by Gasteiger charge is 2.19. The molecule has 5 heteroatoms. The van der Waals surface area contributed by atoms with Crippen LogP contribution < -0.4 is 5.32 Å². The summed E-state index contributed by atoms with van der Waals surface area (Å²) in [5.74, 6) is 1.32. The number of hydrogen-bond acceptors (Lipinski definition) is 4. The largest absolute Gasteiger partial charge is 0.467 e. The second-order valence-electron chi connectivity index (χ2n) is 5.62. The van der Waals surface area contributed by atoms with Crippen LogP contribution in [0.3, 0.4) is 0 Å². The number of carbonyl (C=O) groups excluding carboxylic acids is 1. The minimum Gasteiger partial charge on any atom is -0.467 e. The van der Waals surface area contributed by atoms with Gasteiger partial charge in [0.25, 0.3) is 0 Å². The molecular formula is C18H23NO3S. The van der Waals surface area contributed by atoms with Crippen molar-refractivity contribution < 1.29 is 14.3 Å². The van der Waals surface area contributed by atoms with Gasteiger partial charge in [-0.05, 0) is 31.5 Å². The fourth-order valence-electron chi connectivity index (χ4n) is 2.22. The van der Waals surface area contributed by atoms with Gasteiger partial charge in [-0.15, -0.1) is 11.8 Å². The van der Waals surface area contributed by atoms with Gasteiger partial charge in [-0.3, -0.25) is 4.79 Å². The van der Waals surface area contributed by atoms with Crippen LogP contribution in [0.5, 0.6) is 0 Å². The van der Waals surface area contributed by atoms with Crippen LogP contribution >= 0.6 is 11.8 Å². The lowest BCUT2D eigenvalue weighted by molar-refractivity contribution is -0.121. The molecule has 0 radical (unpaired) electrons. The maximum atomic E-state index is 12.2. The van der Waals surface area contributed by atoms with E-state index >= 15 is 0 Å². The number of furan rings is 1. The maximum Gasteiger partial charge on any atom is 0.233 e. The summed E-state index contributed by atoms with van der Waals surface area (Å²) >= 11 is 1.60. The molecule has 0 bridgehead atoms. The zero-order chi connectivity index (χ0) is 16.7.